The van der Waals surface area contributed by atoms with Crippen molar-refractivity contribution in [3.05, 3.63) is 30.0 Å². The summed E-state index contributed by atoms with van der Waals surface area (Å²) >= 11 is 0. The number of aromatic nitrogens is 2. The Morgan fingerprint density at radius 2 is 1.90 bits per heavy atom. The van der Waals surface area contributed by atoms with Gasteiger partial charge in [0.2, 0.25) is 5.95 Å². The van der Waals surface area contributed by atoms with E-state index in [0.29, 0.717) is 19.2 Å². The summed E-state index contributed by atoms with van der Waals surface area (Å²) in [5, 5.41) is 3.23. The van der Waals surface area contributed by atoms with Crippen molar-refractivity contribution in [3.8, 4) is 22.8 Å². The van der Waals surface area contributed by atoms with Crippen LogP contribution < -0.4 is 14.8 Å². The molecule has 5 heteroatoms. The van der Waals surface area contributed by atoms with Crippen LogP contribution in [0.1, 0.15) is 19.0 Å². The molecule has 0 fully saturated rings. The Labute approximate surface area is 124 Å². The molecule has 0 atom stereocenters. The second kappa shape index (κ2) is 5.99. The largest absolute Gasteiger partial charge is 0.486 e. The summed E-state index contributed by atoms with van der Waals surface area (Å²) in [7, 11) is 0. The van der Waals surface area contributed by atoms with Gasteiger partial charge in [0.1, 0.15) is 13.2 Å². The third-order valence-electron chi connectivity index (χ3n) is 3.23. The van der Waals surface area contributed by atoms with Gasteiger partial charge in [0.15, 0.2) is 11.5 Å². The van der Waals surface area contributed by atoms with E-state index >= 15 is 0 Å². The maximum atomic E-state index is 5.63. The van der Waals surface area contributed by atoms with E-state index in [1.54, 1.807) is 0 Å². The Balaban J connectivity index is 1.94. The molecule has 1 aromatic heterocycles. The lowest BCUT2D eigenvalue weighted by Crippen LogP contribution is -2.15. The fraction of sp³-hybridized carbons (Fsp3) is 0.375. The number of rotatable bonds is 4. The first-order valence-corrected chi connectivity index (χ1v) is 7.26. The van der Waals surface area contributed by atoms with Crippen LogP contribution in [0.25, 0.3) is 11.3 Å². The smallest absolute Gasteiger partial charge is 0.223 e. The van der Waals surface area contributed by atoms with Crippen molar-refractivity contribution in [2.75, 3.05) is 25.1 Å². The lowest BCUT2D eigenvalue weighted by atomic mass is 10.1. The third kappa shape index (κ3) is 3.07. The Kier molecular flexibility index (Phi) is 3.90. The molecule has 0 spiro atoms. The summed E-state index contributed by atoms with van der Waals surface area (Å²) in [5.74, 6) is 2.24. The topological polar surface area (TPSA) is 56.3 Å². The molecule has 3 rings (SSSR count). The highest BCUT2D eigenvalue weighted by atomic mass is 16.6. The summed E-state index contributed by atoms with van der Waals surface area (Å²) in [6.45, 7) is 6.14. The van der Waals surface area contributed by atoms with Gasteiger partial charge in [0.25, 0.3) is 0 Å². The molecule has 1 aromatic carbocycles. The zero-order valence-electron chi connectivity index (χ0n) is 12.3. The molecule has 110 valence electrons. The number of hydrogen-bond donors (Lipinski definition) is 1. The molecule has 0 unspecified atom stereocenters. The van der Waals surface area contributed by atoms with E-state index in [-0.39, 0.29) is 0 Å². The molecule has 2 aromatic rings. The van der Waals surface area contributed by atoms with Gasteiger partial charge in [0.05, 0.1) is 5.69 Å². The van der Waals surface area contributed by atoms with E-state index in [9.17, 15) is 0 Å². The lowest BCUT2D eigenvalue weighted by Gasteiger charge is -2.19. The highest BCUT2D eigenvalue weighted by Crippen LogP contribution is 2.34. The quantitative estimate of drug-likeness (QED) is 0.935. The standard InChI is InChI=1S/C16H19N3O2/c1-3-6-17-16-18-11(2)9-13(19-16)12-4-5-14-15(10-12)21-8-7-20-14/h4-5,9-10H,3,6-8H2,1-2H3,(H,17,18,19). The normalized spacial score (nSPS) is 13.0. The van der Waals surface area contributed by atoms with Gasteiger partial charge in [-0.3, -0.25) is 0 Å². The molecule has 0 amide bonds. The molecule has 1 aliphatic heterocycles. The monoisotopic (exact) mass is 285 g/mol. The second-order valence-electron chi connectivity index (χ2n) is 5.00. The molecular formula is C16H19N3O2. The maximum absolute atomic E-state index is 5.63. The van der Waals surface area contributed by atoms with Crippen LogP contribution in [0.4, 0.5) is 5.95 Å². The van der Waals surface area contributed by atoms with Crippen molar-refractivity contribution in [1.82, 2.24) is 9.97 Å². The third-order valence-corrected chi connectivity index (χ3v) is 3.23. The number of aryl methyl sites for hydroxylation is 1. The average molecular weight is 285 g/mol. The van der Waals surface area contributed by atoms with Crippen molar-refractivity contribution in [2.24, 2.45) is 0 Å². The molecule has 0 aliphatic carbocycles. The SMILES string of the molecule is CCCNc1nc(C)cc(-c2ccc3c(c2)OCCO3)n1. The zero-order chi connectivity index (χ0) is 14.7. The number of hydrogen-bond acceptors (Lipinski definition) is 5. The van der Waals surface area contributed by atoms with Gasteiger partial charge < -0.3 is 14.8 Å². The van der Waals surface area contributed by atoms with Gasteiger partial charge in [0, 0.05) is 17.8 Å². The number of benzene rings is 1. The van der Waals surface area contributed by atoms with Crippen molar-refractivity contribution in [1.29, 1.82) is 0 Å². The molecule has 1 aliphatic rings. The Hall–Kier alpha value is -2.30. The van der Waals surface area contributed by atoms with Crippen molar-refractivity contribution in [2.45, 2.75) is 20.3 Å². The predicted molar refractivity (Wildman–Crippen MR) is 82.0 cm³/mol. The molecule has 5 nitrogen and oxygen atoms in total. The number of ether oxygens (including phenoxy) is 2. The van der Waals surface area contributed by atoms with Crippen LogP contribution in [0.2, 0.25) is 0 Å². The Morgan fingerprint density at radius 1 is 1.10 bits per heavy atom. The first kappa shape index (κ1) is 13.7. The van der Waals surface area contributed by atoms with Crippen LogP contribution in [0.5, 0.6) is 11.5 Å². The molecule has 1 N–H and O–H groups in total. The minimum absolute atomic E-state index is 0.586. The van der Waals surface area contributed by atoms with Crippen molar-refractivity contribution >= 4 is 5.95 Å². The maximum Gasteiger partial charge on any atom is 0.223 e. The fourth-order valence-electron chi connectivity index (χ4n) is 2.23. The highest BCUT2D eigenvalue weighted by molar-refractivity contribution is 5.65. The van der Waals surface area contributed by atoms with E-state index in [4.69, 9.17) is 9.47 Å². The summed E-state index contributed by atoms with van der Waals surface area (Å²) in [5.41, 5.74) is 2.83. The predicted octanol–water partition coefficient (Wildman–Crippen LogP) is 3.05. The van der Waals surface area contributed by atoms with Crippen LogP contribution in [-0.4, -0.2) is 29.7 Å². The van der Waals surface area contributed by atoms with Crippen molar-refractivity contribution in [3.63, 3.8) is 0 Å². The first-order chi connectivity index (χ1) is 10.3. The number of nitrogens with one attached hydrogen (secondary N) is 1. The summed E-state index contributed by atoms with van der Waals surface area (Å²) in [4.78, 5) is 8.98. The van der Waals surface area contributed by atoms with Gasteiger partial charge in [-0.2, -0.15) is 0 Å². The lowest BCUT2D eigenvalue weighted by molar-refractivity contribution is 0.171. The molecule has 21 heavy (non-hydrogen) atoms. The van der Waals surface area contributed by atoms with E-state index < -0.39 is 0 Å². The van der Waals surface area contributed by atoms with Crippen LogP contribution in [0.3, 0.4) is 0 Å². The highest BCUT2D eigenvalue weighted by Gasteiger charge is 2.13. The molecule has 0 saturated carbocycles. The molecule has 0 radical (unpaired) electrons. The van der Waals surface area contributed by atoms with Gasteiger partial charge in [-0.15, -0.1) is 0 Å². The van der Waals surface area contributed by atoms with Crippen LogP contribution in [-0.2, 0) is 0 Å². The van der Waals surface area contributed by atoms with Crippen LogP contribution in [0.15, 0.2) is 24.3 Å². The Bertz CT molecular complexity index is 643. The molecular weight excluding hydrogens is 266 g/mol. The van der Waals surface area contributed by atoms with Crippen molar-refractivity contribution < 1.29 is 9.47 Å². The van der Waals surface area contributed by atoms with Gasteiger partial charge in [-0.1, -0.05) is 6.92 Å². The Morgan fingerprint density at radius 3 is 2.71 bits per heavy atom. The van der Waals surface area contributed by atoms with E-state index in [2.05, 4.69) is 22.2 Å². The second-order valence-corrected chi connectivity index (χ2v) is 5.00. The number of nitrogens with zero attached hydrogens (tertiary/aromatic N) is 2. The minimum atomic E-state index is 0.586. The zero-order valence-corrected chi connectivity index (χ0v) is 12.3. The summed E-state index contributed by atoms with van der Waals surface area (Å²) in [6, 6.07) is 7.88. The first-order valence-electron chi connectivity index (χ1n) is 7.26. The summed E-state index contributed by atoms with van der Waals surface area (Å²) in [6.07, 6.45) is 1.04. The van der Waals surface area contributed by atoms with Crippen LogP contribution in [0, 0.1) is 6.92 Å². The number of fused-ring (bicyclic) bond motifs is 1. The average Bonchev–Trinajstić information content (AvgIpc) is 2.52. The van der Waals surface area contributed by atoms with Crippen LogP contribution >= 0.6 is 0 Å². The minimum Gasteiger partial charge on any atom is -0.486 e. The van der Waals surface area contributed by atoms with Gasteiger partial charge in [-0.25, -0.2) is 9.97 Å². The molecule has 2 heterocycles. The number of anilines is 1. The van der Waals surface area contributed by atoms with Gasteiger partial charge in [-0.05, 0) is 37.6 Å². The summed E-state index contributed by atoms with van der Waals surface area (Å²) < 4.78 is 11.2. The molecule has 0 bridgehead atoms. The molecule has 0 saturated heterocycles. The van der Waals surface area contributed by atoms with E-state index in [1.165, 1.54) is 0 Å². The van der Waals surface area contributed by atoms with E-state index in [0.717, 1.165) is 41.4 Å². The van der Waals surface area contributed by atoms with Gasteiger partial charge >= 0.3 is 0 Å². The fourth-order valence-corrected chi connectivity index (χ4v) is 2.23. The van der Waals surface area contributed by atoms with E-state index in [1.807, 2.05) is 31.2 Å².